The van der Waals surface area contributed by atoms with Gasteiger partial charge in [-0.1, -0.05) is 36.4 Å². The summed E-state index contributed by atoms with van der Waals surface area (Å²) in [5, 5.41) is 2.10. The van der Waals surface area contributed by atoms with Crippen molar-refractivity contribution >= 4 is 16.6 Å². The molecule has 3 aromatic rings. The number of fused-ring (bicyclic) bond motifs is 1. The summed E-state index contributed by atoms with van der Waals surface area (Å²) in [6, 6.07) is 16.5. The smallest absolute Gasteiger partial charge is 0.131 e. The van der Waals surface area contributed by atoms with Crippen LogP contribution >= 0.6 is 0 Å². The Morgan fingerprint density at radius 2 is 1.63 bits per heavy atom. The molecule has 0 amide bonds. The van der Waals surface area contributed by atoms with Crippen LogP contribution in [0.15, 0.2) is 54.7 Å². The molecular weight excluding hydrogens is 234 g/mol. The van der Waals surface area contributed by atoms with Crippen molar-refractivity contribution in [2.45, 2.75) is 6.54 Å². The van der Waals surface area contributed by atoms with E-state index >= 15 is 0 Å². The number of rotatable bonds is 2. The first-order valence-corrected chi connectivity index (χ1v) is 6.21. The van der Waals surface area contributed by atoms with Gasteiger partial charge in [0, 0.05) is 18.1 Å². The molecule has 3 rings (SSSR count). The predicted molar refractivity (Wildman–Crippen MR) is 79.5 cm³/mol. The maximum absolute atomic E-state index is 5.86. The molecule has 0 spiro atoms. The second-order valence-electron chi connectivity index (χ2n) is 4.53. The van der Waals surface area contributed by atoms with Crippen LogP contribution in [0.4, 0.5) is 5.82 Å². The van der Waals surface area contributed by atoms with Crippen LogP contribution in [0.2, 0.25) is 0 Å². The summed E-state index contributed by atoms with van der Waals surface area (Å²) in [5.41, 5.74) is 14.9. The Labute approximate surface area is 111 Å². The van der Waals surface area contributed by atoms with Crippen LogP contribution < -0.4 is 11.5 Å². The summed E-state index contributed by atoms with van der Waals surface area (Å²) in [6.45, 7) is 0.570. The highest BCUT2D eigenvalue weighted by atomic mass is 14.8. The topological polar surface area (TPSA) is 64.9 Å². The maximum atomic E-state index is 5.86. The summed E-state index contributed by atoms with van der Waals surface area (Å²) in [5.74, 6) is 0.572. The van der Waals surface area contributed by atoms with Gasteiger partial charge in [-0.3, -0.25) is 0 Å². The van der Waals surface area contributed by atoms with Crippen LogP contribution in [0.3, 0.4) is 0 Å². The van der Waals surface area contributed by atoms with E-state index in [2.05, 4.69) is 41.4 Å². The molecule has 0 fully saturated rings. The van der Waals surface area contributed by atoms with Crippen molar-refractivity contribution in [2.75, 3.05) is 5.73 Å². The summed E-state index contributed by atoms with van der Waals surface area (Å²) in [7, 11) is 0. The van der Waals surface area contributed by atoms with Gasteiger partial charge in [0.1, 0.15) is 5.82 Å². The molecule has 3 nitrogen and oxygen atoms in total. The van der Waals surface area contributed by atoms with Gasteiger partial charge in [-0.2, -0.15) is 0 Å². The van der Waals surface area contributed by atoms with Crippen molar-refractivity contribution in [2.24, 2.45) is 5.73 Å². The van der Waals surface area contributed by atoms with E-state index in [9.17, 15) is 0 Å². The average Bonchev–Trinajstić information content (AvgIpc) is 2.47. The van der Waals surface area contributed by atoms with E-state index in [1.807, 2.05) is 12.1 Å². The fourth-order valence-electron chi connectivity index (χ4n) is 2.21. The quantitative estimate of drug-likeness (QED) is 0.734. The fourth-order valence-corrected chi connectivity index (χ4v) is 2.21. The zero-order valence-electron chi connectivity index (χ0n) is 10.5. The first-order valence-electron chi connectivity index (χ1n) is 6.21. The van der Waals surface area contributed by atoms with Crippen molar-refractivity contribution in [1.82, 2.24) is 4.98 Å². The van der Waals surface area contributed by atoms with E-state index in [4.69, 9.17) is 11.5 Å². The number of nitrogens with two attached hydrogens (primary N) is 2. The molecule has 0 aliphatic rings. The monoisotopic (exact) mass is 249 g/mol. The summed E-state index contributed by atoms with van der Waals surface area (Å²) >= 11 is 0. The van der Waals surface area contributed by atoms with Crippen molar-refractivity contribution in [1.29, 1.82) is 0 Å². The normalized spacial score (nSPS) is 10.8. The van der Waals surface area contributed by atoms with Gasteiger partial charge in [0.2, 0.25) is 0 Å². The van der Waals surface area contributed by atoms with Gasteiger partial charge in [0.05, 0.1) is 0 Å². The highest BCUT2D eigenvalue weighted by Crippen LogP contribution is 2.26. The van der Waals surface area contributed by atoms with Gasteiger partial charge in [-0.15, -0.1) is 0 Å². The Balaban J connectivity index is 2.09. The highest BCUT2D eigenvalue weighted by molar-refractivity contribution is 5.93. The number of nitrogen functional groups attached to an aromatic ring is 1. The molecule has 0 bridgehead atoms. The molecule has 4 N–H and O–H groups in total. The number of anilines is 1. The zero-order chi connectivity index (χ0) is 13.2. The van der Waals surface area contributed by atoms with Crippen molar-refractivity contribution in [3.8, 4) is 11.1 Å². The Kier molecular flexibility index (Phi) is 2.89. The van der Waals surface area contributed by atoms with Crippen LogP contribution in [0.1, 0.15) is 5.56 Å². The zero-order valence-corrected chi connectivity index (χ0v) is 10.5. The van der Waals surface area contributed by atoms with Gasteiger partial charge in [0.25, 0.3) is 0 Å². The second-order valence-corrected chi connectivity index (χ2v) is 4.53. The molecular formula is C16H15N3. The van der Waals surface area contributed by atoms with Crippen LogP contribution in [0.5, 0.6) is 0 Å². The minimum absolute atomic E-state index is 0.570. The molecule has 0 atom stereocenters. The largest absolute Gasteiger partial charge is 0.383 e. The molecule has 0 aliphatic heterocycles. The minimum Gasteiger partial charge on any atom is -0.383 e. The van der Waals surface area contributed by atoms with Gasteiger partial charge in [-0.05, 0) is 34.2 Å². The lowest BCUT2D eigenvalue weighted by Crippen LogP contribution is -1.95. The molecule has 1 aromatic heterocycles. The third-order valence-electron chi connectivity index (χ3n) is 3.32. The van der Waals surface area contributed by atoms with Gasteiger partial charge in [0.15, 0.2) is 0 Å². The lowest BCUT2D eigenvalue weighted by atomic mass is 10.0. The van der Waals surface area contributed by atoms with Crippen molar-refractivity contribution in [3.63, 3.8) is 0 Å². The van der Waals surface area contributed by atoms with E-state index < -0.39 is 0 Å². The molecule has 3 heteroatoms. The second kappa shape index (κ2) is 4.71. The molecule has 1 heterocycles. The van der Waals surface area contributed by atoms with E-state index in [1.54, 1.807) is 6.20 Å². The third kappa shape index (κ3) is 2.16. The number of benzene rings is 2. The van der Waals surface area contributed by atoms with Crippen molar-refractivity contribution in [3.05, 3.63) is 60.3 Å². The van der Waals surface area contributed by atoms with E-state index in [-0.39, 0.29) is 0 Å². The predicted octanol–water partition coefficient (Wildman–Crippen LogP) is 2.94. The fraction of sp³-hybridized carbons (Fsp3) is 0.0625. The number of aromatic nitrogens is 1. The molecule has 0 saturated heterocycles. The average molecular weight is 249 g/mol. The van der Waals surface area contributed by atoms with Crippen LogP contribution in [-0.2, 0) is 6.54 Å². The van der Waals surface area contributed by atoms with E-state index in [0.29, 0.717) is 12.4 Å². The number of hydrogen-bond acceptors (Lipinski definition) is 3. The Bertz CT molecular complexity index is 718. The van der Waals surface area contributed by atoms with Crippen LogP contribution in [0, 0.1) is 0 Å². The lowest BCUT2D eigenvalue weighted by Gasteiger charge is -2.06. The Hall–Kier alpha value is -2.39. The highest BCUT2D eigenvalue weighted by Gasteiger charge is 2.02. The molecule has 0 unspecified atom stereocenters. The molecule has 0 radical (unpaired) electrons. The standard InChI is InChI=1S/C16H15N3/c17-10-11-1-3-12(4-2-11)13-5-6-15-14(9-13)7-8-19-16(15)18/h1-9H,10,17H2,(H2,18,19). The number of hydrogen-bond donors (Lipinski definition) is 2. The Morgan fingerprint density at radius 1 is 0.895 bits per heavy atom. The van der Waals surface area contributed by atoms with E-state index in [0.717, 1.165) is 16.3 Å². The maximum Gasteiger partial charge on any atom is 0.131 e. The third-order valence-corrected chi connectivity index (χ3v) is 3.32. The molecule has 2 aromatic carbocycles. The SMILES string of the molecule is NCc1ccc(-c2ccc3c(N)nccc3c2)cc1. The summed E-state index contributed by atoms with van der Waals surface area (Å²) < 4.78 is 0. The van der Waals surface area contributed by atoms with Crippen LogP contribution in [-0.4, -0.2) is 4.98 Å². The summed E-state index contributed by atoms with van der Waals surface area (Å²) in [4.78, 5) is 4.10. The molecule has 0 saturated carbocycles. The molecule has 94 valence electrons. The van der Waals surface area contributed by atoms with Gasteiger partial charge in [-0.25, -0.2) is 4.98 Å². The first kappa shape index (κ1) is 11.7. The van der Waals surface area contributed by atoms with Crippen LogP contribution in [0.25, 0.3) is 21.9 Å². The molecule has 19 heavy (non-hydrogen) atoms. The van der Waals surface area contributed by atoms with Gasteiger partial charge < -0.3 is 11.5 Å². The number of nitrogens with zero attached hydrogens (tertiary/aromatic N) is 1. The lowest BCUT2D eigenvalue weighted by molar-refractivity contribution is 1.07. The Morgan fingerprint density at radius 3 is 2.37 bits per heavy atom. The number of pyridine rings is 1. The first-order chi connectivity index (χ1) is 9.28. The molecule has 0 aliphatic carbocycles. The minimum atomic E-state index is 0.570. The van der Waals surface area contributed by atoms with Gasteiger partial charge >= 0.3 is 0 Å². The summed E-state index contributed by atoms with van der Waals surface area (Å²) in [6.07, 6.45) is 1.74. The van der Waals surface area contributed by atoms with Crippen molar-refractivity contribution < 1.29 is 0 Å². The van der Waals surface area contributed by atoms with E-state index in [1.165, 1.54) is 11.1 Å².